The maximum Gasteiger partial charge on any atom is 0.348 e. The van der Waals surface area contributed by atoms with Crippen molar-refractivity contribution in [3.63, 3.8) is 0 Å². The van der Waals surface area contributed by atoms with Crippen LogP contribution in [-0.2, 0) is 10.0 Å². The van der Waals surface area contributed by atoms with Crippen LogP contribution in [0, 0.1) is 0 Å². The molecule has 0 aliphatic carbocycles. The second kappa shape index (κ2) is 4.18. The van der Waals surface area contributed by atoms with E-state index in [1.165, 1.54) is 17.6 Å². The number of thiophene rings is 1. The van der Waals surface area contributed by atoms with E-state index < -0.39 is 16.0 Å². The molecule has 0 aromatic carbocycles. The Balaban J connectivity index is 2.33. The van der Waals surface area contributed by atoms with Crippen molar-refractivity contribution < 1.29 is 18.3 Å². The topological polar surface area (TPSA) is 112 Å². The molecule has 2 aromatic rings. The number of carboxylic acid groups (broad SMARTS) is 1. The summed E-state index contributed by atoms with van der Waals surface area (Å²) in [5, 5.41) is 16.2. The Bertz CT molecular complexity index is 630. The highest BCUT2D eigenvalue weighted by Gasteiger charge is 2.20. The van der Waals surface area contributed by atoms with Crippen molar-refractivity contribution in [2.45, 2.75) is 4.90 Å². The molecule has 0 fully saturated rings. The van der Waals surface area contributed by atoms with Gasteiger partial charge in [-0.25, -0.2) is 13.2 Å². The first-order valence-corrected chi connectivity index (χ1v) is 6.69. The maximum atomic E-state index is 11.8. The van der Waals surface area contributed by atoms with Gasteiger partial charge < -0.3 is 5.11 Å². The second-order valence-corrected chi connectivity index (χ2v) is 5.61. The predicted octanol–water partition coefficient (Wildman–Crippen LogP) is 0.970. The largest absolute Gasteiger partial charge is 0.477 e. The average molecular weight is 273 g/mol. The molecule has 0 atom stereocenters. The molecule has 0 bridgehead atoms. The van der Waals surface area contributed by atoms with E-state index in [0.717, 1.165) is 17.5 Å². The Kier molecular flexibility index (Phi) is 2.86. The van der Waals surface area contributed by atoms with Crippen molar-refractivity contribution in [2.75, 3.05) is 4.72 Å². The van der Waals surface area contributed by atoms with E-state index in [-0.39, 0.29) is 15.5 Å². The van der Waals surface area contributed by atoms with Crippen LogP contribution in [0.3, 0.4) is 0 Å². The van der Waals surface area contributed by atoms with Crippen LogP contribution in [0.15, 0.2) is 28.7 Å². The summed E-state index contributed by atoms with van der Waals surface area (Å²) in [6.45, 7) is 0. The molecule has 2 rings (SSSR count). The fourth-order valence-electron chi connectivity index (χ4n) is 1.14. The lowest BCUT2D eigenvalue weighted by molar-refractivity contribution is 0.0703. The van der Waals surface area contributed by atoms with Gasteiger partial charge in [0.2, 0.25) is 0 Å². The minimum Gasteiger partial charge on any atom is -0.477 e. The van der Waals surface area contributed by atoms with Crippen LogP contribution in [0.4, 0.5) is 5.69 Å². The molecule has 0 saturated carbocycles. The fraction of sp³-hybridized carbons (Fsp3) is 0. The number of nitrogens with one attached hydrogen (secondary N) is 2. The lowest BCUT2D eigenvalue weighted by atomic mass is 10.4. The molecule has 0 aliphatic rings. The summed E-state index contributed by atoms with van der Waals surface area (Å²) in [6.07, 6.45) is 2.34. The summed E-state index contributed by atoms with van der Waals surface area (Å²) in [7, 11) is -3.80. The van der Waals surface area contributed by atoms with Crippen LogP contribution in [0.2, 0.25) is 0 Å². The van der Waals surface area contributed by atoms with Crippen LogP contribution in [0.25, 0.3) is 0 Å². The number of carbonyl (C=O) groups is 1. The Morgan fingerprint density at radius 1 is 1.53 bits per heavy atom. The van der Waals surface area contributed by atoms with Gasteiger partial charge in [0.05, 0.1) is 11.9 Å². The number of aromatic amines is 1. The van der Waals surface area contributed by atoms with Crippen molar-refractivity contribution in [3.05, 3.63) is 28.7 Å². The number of rotatable bonds is 4. The maximum absolute atomic E-state index is 11.8. The van der Waals surface area contributed by atoms with Crippen LogP contribution < -0.4 is 4.72 Å². The third-order valence-electron chi connectivity index (χ3n) is 1.89. The molecule has 0 spiro atoms. The normalized spacial score (nSPS) is 11.3. The number of hydrogen-bond acceptors (Lipinski definition) is 5. The molecule has 9 heteroatoms. The Labute approximate surface area is 100 Å². The van der Waals surface area contributed by atoms with Gasteiger partial charge in [-0.2, -0.15) is 5.10 Å². The number of aromatic carboxylic acids is 1. The summed E-state index contributed by atoms with van der Waals surface area (Å²) in [5.41, 5.74) is 0.0451. The van der Waals surface area contributed by atoms with E-state index >= 15 is 0 Å². The first-order chi connectivity index (χ1) is 8.00. The van der Waals surface area contributed by atoms with Gasteiger partial charge in [-0.15, -0.1) is 11.3 Å². The monoisotopic (exact) mass is 273 g/mol. The second-order valence-electron chi connectivity index (χ2n) is 3.01. The van der Waals surface area contributed by atoms with Crippen molar-refractivity contribution in [1.29, 1.82) is 0 Å². The highest BCUT2D eigenvalue weighted by molar-refractivity contribution is 7.92. The molecule has 0 aliphatic heterocycles. The van der Waals surface area contributed by atoms with Crippen LogP contribution in [-0.4, -0.2) is 29.7 Å². The van der Waals surface area contributed by atoms with Crippen molar-refractivity contribution in [2.24, 2.45) is 0 Å². The Morgan fingerprint density at radius 3 is 2.88 bits per heavy atom. The summed E-state index contributed by atoms with van der Waals surface area (Å²) in [6, 6.07) is 1.39. The van der Waals surface area contributed by atoms with Crippen LogP contribution in [0.5, 0.6) is 0 Å². The van der Waals surface area contributed by atoms with E-state index in [2.05, 4.69) is 14.9 Å². The number of carboxylic acids is 1. The average Bonchev–Trinajstić information content (AvgIpc) is 2.85. The molecule has 2 aromatic heterocycles. The van der Waals surface area contributed by atoms with Crippen LogP contribution >= 0.6 is 11.3 Å². The minimum atomic E-state index is -3.80. The van der Waals surface area contributed by atoms with Crippen molar-refractivity contribution in [1.82, 2.24) is 10.2 Å². The lowest BCUT2D eigenvalue weighted by Gasteiger charge is -2.04. The zero-order valence-corrected chi connectivity index (χ0v) is 9.88. The molecule has 0 amide bonds. The molecule has 3 N–H and O–H groups in total. The molecular weight excluding hydrogens is 266 g/mol. The lowest BCUT2D eigenvalue weighted by Crippen LogP contribution is -2.13. The van der Waals surface area contributed by atoms with Gasteiger partial charge >= 0.3 is 5.97 Å². The summed E-state index contributed by atoms with van der Waals surface area (Å²) < 4.78 is 25.7. The van der Waals surface area contributed by atoms with Gasteiger partial charge in [-0.05, 0) is 11.4 Å². The summed E-state index contributed by atoms with van der Waals surface area (Å²) in [4.78, 5) is 10.7. The molecule has 0 saturated heterocycles. The van der Waals surface area contributed by atoms with Crippen molar-refractivity contribution in [3.8, 4) is 0 Å². The highest BCUT2D eigenvalue weighted by atomic mass is 32.2. The molecule has 0 unspecified atom stereocenters. The Morgan fingerprint density at radius 2 is 2.29 bits per heavy atom. The van der Waals surface area contributed by atoms with Gasteiger partial charge in [0, 0.05) is 6.20 Å². The van der Waals surface area contributed by atoms with Crippen molar-refractivity contribution >= 4 is 33.0 Å². The Hall–Kier alpha value is -1.87. The summed E-state index contributed by atoms with van der Waals surface area (Å²) in [5.74, 6) is -1.18. The minimum absolute atomic E-state index is 0.0451. The molecule has 90 valence electrons. The first-order valence-electron chi connectivity index (χ1n) is 4.33. The molecular formula is C8H7N3O4S2. The number of sulfonamides is 1. The van der Waals surface area contributed by atoms with E-state index in [1.807, 2.05) is 0 Å². The molecule has 0 radical (unpaired) electrons. The summed E-state index contributed by atoms with van der Waals surface area (Å²) >= 11 is 0.946. The molecule has 17 heavy (non-hydrogen) atoms. The van der Waals surface area contributed by atoms with E-state index in [9.17, 15) is 13.2 Å². The quantitative estimate of drug-likeness (QED) is 0.768. The fourth-order valence-corrected chi connectivity index (χ4v) is 2.87. The SMILES string of the molecule is O=C(O)c1sccc1NS(=O)(=O)c1cn[nH]c1. The van der Waals surface area contributed by atoms with E-state index in [4.69, 9.17) is 5.11 Å². The number of aromatic nitrogens is 2. The van der Waals surface area contributed by atoms with Gasteiger partial charge in [0.1, 0.15) is 9.77 Å². The number of nitrogens with zero attached hydrogens (tertiary/aromatic N) is 1. The number of anilines is 1. The molecule has 2 heterocycles. The third kappa shape index (κ3) is 2.29. The zero-order chi connectivity index (χ0) is 12.5. The van der Waals surface area contributed by atoms with Gasteiger partial charge in [-0.3, -0.25) is 9.82 Å². The highest BCUT2D eigenvalue weighted by Crippen LogP contribution is 2.24. The number of hydrogen-bond donors (Lipinski definition) is 3. The number of H-pyrrole nitrogens is 1. The van der Waals surface area contributed by atoms with E-state index in [0.29, 0.717) is 0 Å². The van der Waals surface area contributed by atoms with Gasteiger partial charge in [0.25, 0.3) is 10.0 Å². The van der Waals surface area contributed by atoms with E-state index in [1.54, 1.807) is 0 Å². The first kappa shape index (κ1) is 11.6. The van der Waals surface area contributed by atoms with Gasteiger partial charge in [-0.1, -0.05) is 0 Å². The van der Waals surface area contributed by atoms with Crippen LogP contribution in [0.1, 0.15) is 9.67 Å². The zero-order valence-electron chi connectivity index (χ0n) is 8.25. The third-order valence-corrected chi connectivity index (χ3v) is 4.12. The standard InChI is InChI=1S/C8H7N3O4S2/c12-8(13)7-6(1-2-16-7)11-17(14,15)5-3-9-10-4-5/h1-4,11H,(H,9,10)(H,12,13). The smallest absolute Gasteiger partial charge is 0.348 e. The predicted molar refractivity (Wildman–Crippen MR) is 60.7 cm³/mol. The molecule has 7 nitrogen and oxygen atoms in total. The van der Waals surface area contributed by atoms with Gasteiger partial charge in [0.15, 0.2) is 0 Å².